The van der Waals surface area contributed by atoms with E-state index in [1.807, 2.05) is 54.2 Å². The molecule has 3 aromatic carbocycles. The van der Waals surface area contributed by atoms with E-state index in [2.05, 4.69) is 22.0 Å². The van der Waals surface area contributed by atoms with Crippen molar-refractivity contribution in [3.05, 3.63) is 89.5 Å². The highest BCUT2D eigenvalue weighted by atomic mass is 32.2. The lowest BCUT2D eigenvalue weighted by Crippen LogP contribution is -2.54. The molecule has 5 rings (SSSR count). The third kappa shape index (κ3) is 9.83. The molecule has 0 aromatic heterocycles. The van der Waals surface area contributed by atoms with Gasteiger partial charge < -0.3 is 25.2 Å². The van der Waals surface area contributed by atoms with Gasteiger partial charge in [-0.1, -0.05) is 67.8 Å². The minimum Gasteiger partial charge on any atom is -0.507 e. The van der Waals surface area contributed by atoms with E-state index in [9.17, 15) is 14.7 Å². The zero-order valence-electron chi connectivity index (χ0n) is 26.4. The van der Waals surface area contributed by atoms with Crippen LogP contribution >= 0.6 is 23.5 Å². The van der Waals surface area contributed by atoms with Gasteiger partial charge in [0.15, 0.2) is 11.5 Å². The summed E-state index contributed by atoms with van der Waals surface area (Å²) >= 11 is 3.58. The Morgan fingerprint density at radius 2 is 1.78 bits per heavy atom. The number of rotatable bonds is 15. The van der Waals surface area contributed by atoms with E-state index in [1.165, 1.54) is 38.2 Å². The van der Waals surface area contributed by atoms with Crippen LogP contribution in [0.2, 0.25) is 0 Å². The van der Waals surface area contributed by atoms with Crippen LogP contribution in [0.25, 0.3) is 0 Å². The lowest BCUT2D eigenvalue weighted by molar-refractivity contribution is -0.123. The van der Waals surface area contributed by atoms with Gasteiger partial charge in [-0.2, -0.15) is 11.8 Å². The number of amides is 2. The van der Waals surface area contributed by atoms with Crippen molar-refractivity contribution in [2.24, 2.45) is 5.92 Å². The van der Waals surface area contributed by atoms with Gasteiger partial charge in [0.25, 0.3) is 5.91 Å². The molecule has 0 bridgehead atoms. The van der Waals surface area contributed by atoms with Crippen molar-refractivity contribution in [3.8, 4) is 17.2 Å². The first-order valence-electron chi connectivity index (χ1n) is 16.1. The van der Waals surface area contributed by atoms with Gasteiger partial charge in [-0.3, -0.25) is 14.9 Å². The van der Waals surface area contributed by atoms with Crippen molar-refractivity contribution < 1.29 is 24.2 Å². The molecular weight excluding hydrogens is 619 g/mol. The van der Waals surface area contributed by atoms with Crippen LogP contribution in [0.1, 0.15) is 53.6 Å². The van der Waals surface area contributed by atoms with E-state index < -0.39 is 0 Å². The van der Waals surface area contributed by atoms with Crippen molar-refractivity contribution >= 4 is 35.3 Å². The normalized spacial score (nSPS) is 18.0. The molecule has 8 nitrogen and oxygen atoms in total. The molecule has 1 saturated carbocycles. The number of aromatic hydroxyl groups is 1. The Labute approximate surface area is 280 Å². The average Bonchev–Trinajstić information content (AvgIpc) is 3.64. The lowest BCUT2D eigenvalue weighted by atomic mass is 9.91. The zero-order chi connectivity index (χ0) is 32.1. The van der Waals surface area contributed by atoms with Crippen LogP contribution in [-0.2, 0) is 17.8 Å². The summed E-state index contributed by atoms with van der Waals surface area (Å²) < 4.78 is 11.9. The molecule has 2 aliphatic rings. The number of phenolic OH excluding ortho intramolecular Hbond substituents is 1. The molecule has 10 heteroatoms. The van der Waals surface area contributed by atoms with Crippen LogP contribution in [0.15, 0.2) is 72.8 Å². The second-order valence-electron chi connectivity index (χ2n) is 12.0. The molecule has 0 radical (unpaired) electrons. The summed E-state index contributed by atoms with van der Waals surface area (Å²) in [4.78, 5) is 26.6. The molecule has 2 fully saturated rings. The summed E-state index contributed by atoms with van der Waals surface area (Å²) in [6.45, 7) is 0.651. The quantitative estimate of drug-likeness (QED) is 0.162. The van der Waals surface area contributed by atoms with Crippen LogP contribution in [0.5, 0.6) is 17.2 Å². The minimum absolute atomic E-state index is 0.0278. The molecule has 3 aromatic rings. The Morgan fingerprint density at radius 3 is 2.52 bits per heavy atom. The number of benzene rings is 3. The van der Waals surface area contributed by atoms with E-state index in [0.717, 1.165) is 22.8 Å². The van der Waals surface area contributed by atoms with E-state index in [-0.39, 0.29) is 47.0 Å². The topological polar surface area (TPSA) is 109 Å². The molecule has 1 aliphatic carbocycles. The van der Waals surface area contributed by atoms with E-state index in [4.69, 9.17) is 9.47 Å². The second-order valence-corrected chi connectivity index (χ2v) is 14.3. The van der Waals surface area contributed by atoms with Gasteiger partial charge in [0.05, 0.1) is 24.8 Å². The van der Waals surface area contributed by atoms with Gasteiger partial charge in [-0.15, -0.1) is 11.8 Å². The van der Waals surface area contributed by atoms with Gasteiger partial charge in [0, 0.05) is 23.4 Å². The van der Waals surface area contributed by atoms with Crippen LogP contribution in [-0.4, -0.2) is 65.3 Å². The number of hydrogen-bond donors (Lipinski definition) is 4. The van der Waals surface area contributed by atoms with E-state index in [1.54, 1.807) is 37.1 Å². The molecule has 2 amide bonds. The second kappa shape index (κ2) is 17.5. The summed E-state index contributed by atoms with van der Waals surface area (Å²) in [5.74, 6) is 3.92. The summed E-state index contributed by atoms with van der Waals surface area (Å²) in [5, 5.41) is 19.8. The Kier molecular flexibility index (Phi) is 13.0. The van der Waals surface area contributed by atoms with Gasteiger partial charge in [-0.25, -0.2) is 0 Å². The predicted molar refractivity (Wildman–Crippen MR) is 187 cm³/mol. The van der Waals surface area contributed by atoms with Crippen molar-refractivity contribution in [3.63, 3.8) is 0 Å². The van der Waals surface area contributed by atoms with Gasteiger partial charge >= 0.3 is 0 Å². The molecule has 46 heavy (non-hydrogen) atoms. The molecule has 1 saturated heterocycles. The van der Waals surface area contributed by atoms with Crippen LogP contribution < -0.4 is 25.4 Å². The highest BCUT2D eigenvalue weighted by Crippen LogP contribution is 2.33. The minimum atomic E-state index is -0.371. The number of thioether (sulfide) groups is 2. The fourth-order valence-corrected chi connectivity index (χ4v) is 8.45. The molecular formula is C36H45N3O5S2. The lowest BCUT2D eigenvalue weighted by Gasteiger charge is -2.31. The number of nitrogens with one attached hydrogen (secondary N) is 3. The SMILES string of the molecule is COc1ccc(CC(SCC2CCCCC2)C(CNC(=O)c2ccccc2O)NC(=O)[C@@H]2CSCN2)cc1OCc1ccccc1. The Balaban J connectivity index is 1.38. The highest BCUT2D eigenvalue weighted by Gasteiger charge is 2.31. The molecule has 3 atom stereocenters. The molecule has 1 aliphatic heterocycles. The largest absolute Gasteiger partial charge is 0.507 e. The Hall–Kier alpha value is -3.34. The summed E-state index contributed by atoms with van der Waals surface area (Å²) in [6, 6.07) is 21.9. The summed E-state index contributed by atoms with van der Waals surface area (Å²) in [6.07, 6.45) is 6.93. The number of methoxy groups -OCH3 is 1. The summed E-state index contributed by atoms with van der Waals surface area (Å²) in [5.41, 5.74) is 2.34. The highest BCUT2D eigenvalue weighted by molar-refractivity contribution is 8.00. The van der Waals surface area contributed by atoms with E-state index >= 15 is 0 Å². The van der Waals surface area contributed by atoms with Gasteiger partial charge in [0.2, 0.25) is 5.91 Å². The first-order chi connectivity index (χ1) is 22.5. The van der Waals surface area contributed by atoms with Gasteiger partial charge in [0.1, 0.15) is 12.4 Å². The first kappa shape index (κ1) is 34.0. The number of carbonyl (C=O) groups excluding carboxylic acids is 2. The third-order valence-electron chi connectivity index (χ3n) is 8.61. The maximum absolute atomic E-state index is 13.5. The predicted octanol–water partition coefficient (Wildman–Crippen LogP) is 5.78. The molecule has 0 spiro atoms. The monoisotopic (exact) mass is 663 g/mol. The standard InChI is InChI=1S/C36H45N3O5S2/c1-43-32-17-16-27(18-33(32)44-21-25-10-4-2-5-11-25)19-34(46-22-26-12-6-3-7-13-26)29(39-36(42)30-23-45-24-38-30)20-37-35(41)28-14-8-9-15-31(28)40/h2,4-5,8-11,14-18,26,29-30,34,38,40H,3,6-7,12-13,19-24H2,1H3,(H,37,41)(H,39,42)/t29?,30-,34?/m0/s1. The average molecular weight is 664 g/mol. The molecule has 4 N–H and O–H groups in total. The number of ether oxygens (including phenoxy) is 2. The molecule has 2 unspecified atom stereocenters. The third-order valence-corrected chi connectivity index (χ3v) is 11.1. The fraction of sp³-hybridized carbons (Fsp3) is 0.444. The van der Waals surface area contributed by atoms with Crippen molar-refractivity contribution in [2.45, 2.75) is 62.5 Å². The van der Waals surface area contributed by atoms with Crippen LogP contribution in [0.3, 0.4) is 0 Å². The van der Waals surface area contributed by atoms with Gasteiger partial charge in [-0.05, 0) is 66.3 Å². The number of carbonyl (C=O) groups is 2. The van der Waals surface area contributed by atoms with Crippen molar-refractivity contribution in [1.29, 1.82) is 0 Å². The Morgan fingerprint density at radius 1 is 1.00 bits per heavy atom. The van der Waals surface area contributed by atoms with Crippen molar-refractivity contribution in [1.82, 2.24) is 16.0 Å². The van der Waals surface area contributed by atoms with Crippen LogP contribution in [0.4, 0.5) is 0 Å². The smallest absolute Gasteiger partial charge is 0.255 e. The molecule has 246 valence electrons. The Bertz CT molecular complexity index is 1410. The number of hydrogen-bond acceptors (Lipinski definition) is 8. The maximum atomic E-state index is 13.5. The fourth-order valence-electron chi connectivity index (χ4n) is 5.95. The van der Waals surface area contributed by atoms with E-state index in [0.29, 0.717) is 36.2 Å². The molecule has 1 heterocycles. The van der Waals surface area contributed by atoms with Crippen LogP contribution in [0, 0.1) is 5.92 Å². The summed E-state index contributed by atoms with van der Waals surface area (Å²) in [7, 11) is 1.64. The number of phenols is 1. The zero-order valence-corrected chi connectivity index (χ0v) is 28.0. The number of para-hydroxylation sites is 1. The first-order valence-corrected chi connectivity index (χ1v) is 18.3. The van der Waals surface area contributed by atoms with Crippen molar-refractivity contribution in [2.75, 3.05) is 31.0 Å². The maximum Gasteiger partial charge on any atom is 0.255 e.